The molecular formula is C48H50Cl2F4N14O5Si. The summed E-state index contributed by atoms with van der Waals surface area (Å²) in [5.74, 6) is -8.06. The van der Waals surface area contributed by atoms with Crippen molar-refractivity contribution in [2.24, 2.45) is 14.1 Å². The van der Waals surface area contributed by atoms with Crippen molar-refractivity contribution in [2.75, 3.05) is 32.8 Å². The van der Waals surface area contributed by atoms with Crippen LogP contribution in [0.3, 0.4) is 0 Å². The largest absolute Gasteiger partial charge is 0.361 e. The van der Waals surface area contributed by atoms with Crippen molar-refractivity contribution >= 4 is 99.0 Å². The van der Waals surface area contributed by atoms with Crippen LogP contribution < -0.4 is 10.6 Å². The van der Waals surface area contributed by atoms with E-state index in [0.717, 1.165) is 37.6 Å². The van der Waals surface area contributed by atoms with Crippen molar-refractivity contribution in [3.8, 4) is 22.8 Å². The number of amides is 4. The molecule has 0 bridgehead atoms. The molecule has 26 heteroatoms. The van der Waals surface area contributed by atoms with Gasteiger partial charge in [0.2, 0.25) is 11.8 Å². The smallest absolute Gasteiger partial charge is 0.282 e. The van der Waals surface area contributed by atoms with Crippen LogP contribution in [0, 0.1) is 0 Å². The molecule has 74 heavy (non-hydrogen) atoms. The van der Waals surface area contributed by atoms with E-state index in [4.69, 9.17) is 32.9 Å². The van der Waals surface area contributed by atoms with E-state index in [2.05, 4.69) is 60.4 Å². The number of carbonyl (C=O) groups excluding carboxylic acids is 4. The number of aromatic nitrogens is 10. The number of hydrogen-bond donors (Lipinski definition) is 3. The molecule has 10 rings (SSSR count). The number of ether oxygens (including phenoxy) is 1. The molecule has 2 fully saturated rings. The van der Waals surface area contributed by atoms with Gasteiger partial charge < -0.3 is 34.7 Å². The Hall–Kier alpha value is -7.02. The maximum absolute atomic E-state index is 13.4. The number of H-pyrrole nitrogens is 1. The highest BCUT2D eigenvalue weighted by atomic mass is 35.5. The van der Waals surface area contributed by atoms with Crippen LogP contribution in [0.4, 0.5) is 17.6 Å². The topological polar surface area (TPSA) is 216 Å². The predicted molar refractivity (Wildman–Crippen MR) is 272 cm³/mol. The molecule has 2 atom stereocenters. The first-order chi connectivity index (χ1) is 34.8. The molecule has 388 valence electrons. The number of aromatic amines is 1. The Morgan fingerprint density at radius 2 is 1.23 bits per heavy atom. The normalized spacial score (nSPS) is 15.9. The predicted octanol–water partition coefficient (Wildman–Crippen LogP) is 7.31. The number of halogens is 6. The lowest BCUT2D eigenvalue weighted by Crippen LogP contribution is -2.62. The lowest BCUT2D eigenvalue weighted by atomic mass is 10.1. The maximum Gasteiger partial charge on any atom is 0.282 e. The molecule has 0 radical (unpaired) electrons. The summed E-state index contributed by atoms with van der Waals surface area (Å²) in [5.41, 5.74) is 5.44. The number of rotatable bonds is 13. The Bertz CT molecular complexity index is 3520. The fourth-order valence-electron chi connectivity index (χ4n) is 8.55. The molecule has 8 aromatic rings. The van der Waals surface area contributed by atoms with Crippen molar-refractivity contribution < 1.29 is 41.5 Å². The summed E-state index contributed by atoms with van der Waals surface area (Å²) >= 11 is 12.3. The SMILES string of the molecule is C[C@@H](NC(=O)c1c[nH]c2ncc(-c3nn(C)c4cc(Cl)ccc34)nc12)C(=O)N1CC(F)(F)C1.C[C@@H](NC(=O)c1cn(COCC[Si](C)(C)C)c2ncc(-c3nn(C)c4cc(Cl)ccc34)nc12)C(=O)N1CC(F)(F)C1. The zero-order valence-electron chi connectivity index (χ0n) is 41.1. The quantitative estimate of drug-likeness (QED) is 0.0591. The Morgan fingerprint density at radius 1 is 0.743 bits per heavy atom. The van der Waals surface area contributed by atoms with E-state index in [1.165, 1.54) is 20.0 Å². The summed E-state index contributed by atoms with van der Waals surface area (Å²) in [6, 6.07) is 9.79. The average molecular weight is 1080 g/mol. The van der Waals surface area contributed by atoms with Crippen molar-refractivity contribution in [3.63, 3.8) is 0 Å². The minimum atomic E-state index is -2.89. The Balaban J connectivity index is 0.000000186. The summed E-state index contributed by atoms with van der Waals surface area (Å²) in [6.45, 7) is 7.83. The van der Waals surface area contributed by atoms with Gasteiger partial charge in [0.05, 0.1) is 60.7 Å². The molecule has 2 aromatic carbocycles. The highest BCUT2D eigenvalue weighted by Crippen LogP contribution is 2.33. The number of nitrogens with zero attached hydrogens (tertiary/aromatic N) is 11. The van der Waals surface area contributed by atoms with Gasteiger partial charge in [0, 0.05) is 62.0 Å². The van der Waals surface area contributed by atoms with Gasteiger partial charge >= 0.3 is 0 Å². The Labute approximate surface area is 430 Å². The summed E-state index contributed by atoms with van der Waals surface area (Å²) in [4.78, 5) is 74.4. The molecule has 2 saturated heterocycles. The van der Waals surface area contributed by atoms with Crippen LogP contribution in [0.15, 0.2) is 61.2 Å². The van der Waals surface area contributed by atoms with Crippen molar-refractivity contribution in [2.45, 2.75) is 70.2 Å². The molecule has 8 heterocycles. The molecule has 0 saturated carbocycles. The summed E-state index contributed by atoms with van der Waals surface area (Å²) < 4.78 is 63.7. The molecule has 19 nitrogen and oxygen atoms in total. The van der Waals surface area contributed by atoms with E-state index in [9.17, 15) is 36.7 Å². The molecule has 6 aromatic heterocycles. The van der Waals surface area contributed by atoms with E-state index < -0.39 is 81.8 Å². The third kappa shape index (κ3) is 10.7. The van der Waals surface area contributed by atoms with Crippen LogP contribution in [0.1, 0.15) is 34.6 Å². The van der Waals surface area contributed by atoms with Gasteiger partial charge in [-0.1, -0.05) is 42.8 Å². The molecule has 0 spiro atoms. The van der Waals surface area contributed by atoms with Crippen LogP contribution >= 0.6 is 23.2 Å². The van der Waals surface area contributed by atoms with Crippen LogP contribution in [0.25, 0.3) is 66.9 Å². The maximum atomic E-state index is 13.4. The Morgan fingerprint density at radius 3 is 1.73 bits per heavy atom. The lowest BCUT2D eigenvalue weighted by Gasteiger charge is -2.40. The highest BCUT2D eigenvalue weighted by molar-refractivity contribution is 6.76. The van der Waals surface area contributed by atoms with Gasteiger partial charge in [-0.2, -0.15) is 10.2 Å². The van der Waals surface area contributed by atoms with Gasteiger partial charge in [-0.3, -0.25) is 28.5 Å². The van der Waals surface area contributed by atoms with Crippen LogP contribution in [-0.2, 0) is 35.2 Å². The third-order valence-corrected chi connectivity index (χ3v) is 14.7. The minimum absolute atomic E-state index is 0.157. The molecule has 0 unspecified atom stereocenters. The van der Waals surface area contributed by atoms with E-state index in [-0.39, 0.29) is 17.9 Å². The van der Waals surface area contributed by atoms with E-state index in [1.54, 1.807) is 70.9 Å². The van der Waals surface area contributed by atoms with E-state index >= 15 is 0 Å². The van der Waals surface area contributed by atoms with Crippen molar-refractivity contribution in [3.05, 3.63) is 82.4 Å². The van der Waals surface area contributed by atoms with Crippen LogP contribution in [-0.4, -0.2) is 147 Å². The summed E-state index contributed by atoms with van der Waals surface area (Å²) in [6.07, 6.45) is 6.17. The first-order valence-corrected chi connectivity index (χ1v) is 27.8. The third-order valence-electron chi connectivity index (χ3n) is 12.5. The average Bonchev–Trinajstić information content (AvgIpc) is 4.09. The molecule has 2 aliphatic heterocycles. The number of benzene rings is 2. The van der Waals surface area contributed by atoms with Gasteiger partial charge in [-0.25, -0.2) is 37.5 Å². The zero-order valence-corrected chi connectivity index (χ0v) is 43.6. The van der Waals surface area contributed by atoms with E-state index in [1.807, 2.05) is 12.1 Å². The number of alkyl halides is 4. The number of fused-ring (bicyclic) bond motifs is 4. The number of nitrogens with one attached hydrogen (secondary N) is 3. The second kappa shape index (κ2) is 19.7. The van der Waals surface area contributed by atoms with Gasteiger partial charge in [0.15, 0.2) is 11.3 Å². The molecule has 3 N–H and O–H groups in total. The van der Waals surface area contributed by atoms with Crippen molar-refractivity contribution in [1.82, 2.24) is 69.5 Å². The summed E-state index contributed by atoms with van der Waals surface area (Å²) in [7, 11) is 2.28. The van der Waals surface area contributed by atoms with Crippen molar-refractivity contribution in [1.29, 1.82) is 0 Å². The monoisotopic (exact) mass is 1080 g/mol. The number of aryl methyl sites for hydroxylation is 2. The number of carbonyl (C=O) groups is 4. The molecular weight excluding hydrogens is 1030 g/mol. The second-order valence-electron chi connectivity index (χ2n) is 19.7. The van der Waals surface area contributed by atoms with Gasteiger partial charge in [-0.15, -0.1) is 0 Å². The lowest BCUT2D eigenvalue weighted by molar-refractivity contribution is -0.167. The van der Waals surface area contributed by atoms with E-state index in [0.29, 0.717) is 61.8 Å². The minimum Gasteiger partial charge on any atom is -0.361 e. The standard InChI is InChI=1S/C27H32ClF2N7O3Si.C21H18ClF2N7O2/c1-16(26(39)37-13-27(29,30)14-37)32-25(38)19-12-36(15-40-8-9-41(3,4)5)24-23(19)33-20(11-31-24)22-18-7-6-17(28)10-21(18)35(2)34-22;1-10(20(33)31-8-21(23,24)9-31)27-19(32)13-6-25-18-17(13)28-14(7-26-18)16-12-4-3-11(22)5-15(12)30(2)29-16/h6-7,10-12,16H,8-9,13-15H2,1-5H3,(H,32,38);3-7,10H,8-9H2,1-2H3,(H,25,26)(H,27,32)/t16-;10-/m11/s1. The van der Waals surface area contributed by atoms with Gasteiger partial charge in [-0.05, 0) is 56.3 Å². The first-order valence-electron chi connectivity index (χ1n) is 23.3. The van der Waals surface area contributed by atoms with Crippen LogP contribution in [0.2, 0.25) is 35.7 Å². The first kappa shape index (κ1) is 51.9. The fourth-order valence-corrected chi connectivity index (χ4v) is 9.64. The molecule has 0 aliphatic carbocycles. The second-order valence-corrected chi connectivity index (χ2v) is 26.2. The molecule has 4 amide bonds. The van der Waals surface area contributed by atoms with Gasteiger partial charge in [0.1, 0.15) is 52.6 Å². The van der Waals surface area contributed by atoms with Gasteiger partial charge in [0.25, 0.3) is 23.7 Å². The molecule has 2 aliphatic rings. The number of hydrogen-bond acceptors (Lipinski definition) is 11. The highest BCUT2D eigenvalue weighted by Gasteiger charge is 2.48. The fraction of sp³-hybridized carbons (Fsp3) is 0.375. The zero-order chi connectivity index (χ0) is 53.2. The van der Waals surface area contributed by atoms with Crippen LogP contribution in [0.5, 0.6) is 0 Å². The number of likely N-dealkylation sites (tertiary alicyclic amines) is 2. The Kier molecular flexibility index (Phi) is 13.8. The summed E-state index contributed by atoms with van der Waals surface area (Å²) in [5, 5.41) is 17.1.